The van der Waals surface area contributed by atoms with Gasteiger partial charge in [-0.05, 0) is 30.5 Å². The van der Waals surface area contributed by atoms with Gasteiger partial charge in [0.1, 0.15) is 5.82 Å². The van der Waals surface area contributed by atoms with Crippen LogP contribution in [-0.4, -0.2) is 36.2 Å². The Morgan fingerprint density at radius 3 is 2.45 bits per heavy atom. The minimum atomic E-state index is -1.01. The van der Waals surface area contributed by atoms with E-state index in [-0.39, 0.29) is 37.1 Å². The van der Waals surface area contributed by atoms with Crippen molar-refractivity contribution < 1.29 is 23.8 Å². The maximum absolute atomic E-state index is 12.9. The van der Waals surface area contributed by atoms with Gasteiger partial charge >= 0.3 is 5.97 Å². The van der Waals surface area contributed by atoms with E-state index >= 15 is 0 Å². The van der Waals surface area contributed by atoms with Gasteiger partial charge in [-0.1, -0.05) is 19.1 Å². The molecule has 0 saturated carbocycles. The van der Waals surface area contributed by atoms with Crippen molar-refractivity contribution in [2.45, 2.75) is 38.1 Å². The first kappa shape index (κ1) is 18.1. The molecule has 0 spiro atoms. The van der Waals surface area contributed by atoms with E-state index < -0.39 is 11.5 Å². The van der Waals surface area contributed by atoms with E-state index in [2.05, 4.69) is 5.32 Å². The molecule has 1 rings (SSSR count). The van der Waals surface area contributed by atoms with Crippen molar-refractivity contribution in [2.75, 3.05) is 13.7 Å². The summed E-state index contributed by atoms with van der Waals surface area (Å²) in [6.07, 6.45) is -0.0396. The summed E-state index contributed by atoms with van der Waals surface area (Å²) in [5, 5.41) is 11.7. The first-order chi connectivity index (χ1) is 10.3. The molecular weight excluding hydrogens is 289 g/mol. The van der Waals surface area contributed by atoms with Crippen LogP contribution in [0, 0.1) is 5.82 Å². The fraction of sp³-hybridized carbons (Fsp3) is 0.500. The Kier molecular flexibility index (Phi) is 6.49. The Balaban J connectivity index is 2.66. The predicted molar refractivity (Wildman–Crippen MR) is 80.1 cm³/mol. The summed E-state index contributed by atoms with van der Waals surface area (Å²) >= 11 is 0. The second-order valence-corrected chi connectivity index (χ2v) is 5.77. The standard InChI is InChI=1S/C16H22FNO4/c1-11(12-4-6-13(17)7-5-12)8-14(19)18-16(2,10-22-3)9-15(20)21/h4-7,11H,8-10H2,1-3H3,(H,18,19)(H,20,21). The van der Waals surface area contributed by atoms with Crippen LogP contribution in [0.3, 0.4) is 0 Å². The number of rotatable bonds is 8. The fourth-order valence-corrected chi connectivity index (χ4v) is 2.36. The number of ether oxygens (including phenoxy) is 1. The predicted octanol–water partition coefficient (Wildman–Crippen LogP) is 2.32. The molecule has 122 valence electrons. The zero-order valence-electron chi connectivity index (χ0n) is 13.1. The quantitative estimate of drug-likeness (QED) is 0.772. The molecule has 2 N–H and O–H groups in total. The van der Waals surface area contributed by atoms with Gasteiger partial charge in [-0.2, -0.15) is 0 Å². The average Bonchev–Trinajstić information content (AvgIpc) is 2.37. The smallest absolute Gasteiger partial charge is 0.305 e. The SMILES string of the molecule is COCC(C)(CC(=O)O)NC(=O)CC(C)c1ccc(F)cc1. The Morgan fingerprint density at radius 2 is 1.95 bits per heavy atom. The molecule has 0 radical (unpaired) electrons. The molecule has 0 aliphatic heterocycles. The van der Waals surface area contributed by atoms with Crippen LogP contribution in [-0.2, 0) is 14.3 Å². The molecule has 0 aromatic heterocycles. The van der Waals surface area contributed by atoms with Crippen LogP contribution in [0.15, 0.2) is 24.3 Å². The van der Waals surface area contributed by atoms with Gasteiger partial charge in [0.25, 0.3) is 0 Å². The largest absolute Gasteiger partial charge is 0.481 e. The molecular formula is C16H22FNO4. The number of benzene rings is 1. The maximum atomic E-state index is 12.9. The summed E-state index contributed by atoms with van der Waals surface area (Å²) in [6, 6.07) is 5.98. The van der Waals surface area contributed by atoms with Crippen LogP contribution in [0.4, 0.5) is 4.39 Å². The number of carbonyl (C=O) groups is 2. The van der Waals surface area contributed by atoms with Crippen molar-refractivity contribution in [1.29, 1.82) is 0 Å². The number of nitrogens with one attached hydrogen (secondary N) is 1. The lowest BCUT2D eigenvalue weighted by molar-refractivity contribution is -0.139. The van der Waals surface area contributed by atoms with Gasteiger partial charge in [0.2, 0.25) is 5.91 Å². The van der Waals surface area contributed by atoms with Crippen molar-refractivity contribution in [3.05, 3.63) is 35.6 Å². The molecule has 6 heteroatoms. The number of halogens is 1. The van der Waals surface area contributed by atoms with E-state index in [0.717, 1.165) is 5.56 Å². The molecule has 5 nitrogen and oxygen atoms in total. The molecule has 0 heterocycles. The minimum Gasteiger partial charge on any atom is -0.481 e. The lowest BCUT2D eigenvalue weighted by atomic mass is 9.95. The van der Waals surface area contributed by atoms with E-state index in [1.54, 1.807) is 19.1 Å². The number of amides is 1. The highest BCUT2D eigenvalue weighted by molar-refractivity contribution is 5.79. The summed E-state index contributed by atoms with van der Waals surface area (Å²) in [4.78, 5) is 23.0. The molecule has 1 aromatic rings. The van der Waals surface area contributed by atoms with Crippen molar-refractivity contribution in [2.24, 2.45) is 0 Å². The van der Waals surface area contributed by atoms with E-state index in [9.17, 15) is 14.0 Å². The van der Waals surface area contributed by atoms with E-state index in [4.69, 9.17) is 9.84 Å². The van der Waals surface area contributed by atoms with Gasteiger partial charge in [0.15, 0.2) is 0 Å². The van der Waals surface area contributed by atoms with Crippen LogP contribution in [0.1, 0.15) is 38.2 Å². The monoisotopic (exact) mass is 311 g/mol. The van der Waals surface area contributed by atoms with Crippen LogP contribution in [0.25, 0.3) is 0 Å². The van der Waals surface area contributed by atoms with E-state index in [1.807, 2.05) is 6.92 Å². The molecule has 0 aliphatic rings. The molecule has 0 fully saturated rings. The van der Waals surface area contributed by atoms with Crippen LogP contribution < -0.4 is 5.32 Å². The first-order valence-electron chi connectivity index (χ1n) is 7.03. The summed E-state index contributed by atoms with van der Waals surface area (Å²) in [7, 11) is 1.45. The summed E-state index contributed by atoms with van der Waals surface area (Å²) in [6.45, 7) is 3.60. The highest BCUT2D eigenvalue weighted by atomic mass is 19.1. The van der Waals surface area contributed by atoms with Crippen molar-refractivity contribution >= 4 is 11.9 Å². The molecule has 1 amide bonds. The van der Waals surface area contributed by atoms with Gasteiger partial charge in [0, 0.05) is 13.5 Å². The highest BCUT2D eigenvalue weighted by Crippen LogP contribution is 2.20. The van der Waals surface area contributed by atoms with E-state index in [0.29, 0.717) is 0 Å². The summed E-state index contributed by atoms with van der Waals surface area (Å²) < 4.78 is 17.9. The third kappa shape index (κ3) is 5.81. The maximum Gasteiger partial charge on any atom is 0.305 e. The molecule has 22 heavy (non-hydrogen) atoms. The van der Waals surface area contributed by atoms with Gasteiger partial charge in [0.05, 0.1) is 18.6 Å². The third-order valence-corrected chi connectivity index (χ3v) is 3.38. The molecule has 2 atom stereocenters. The Labute approximate surface area is 129 Å². The number of aliphatic carboxylic acids is 1. The zero-order valence-corrected chi connectivity index (χ0v) is 13.1. The normalized spacial score (nSPS) is 14.9. The third-order valence-electron chi connectivity index (χ3n) is 3.38. The number of hydrogen-bond donors (Lipinski definition) is 2. The summed E-state index contributed by atoms with van der Waals surface area (Å²) in [5.41, 5.74) is -0.108. The van der Waals surface area contributed by atoms with Crippen molar-refractivity contribution in [3.8, 4) is 0 Å². The number of methoxy groups -OCH3 is 1. The minimum absolute atomic E-state index is 0.0998. The number of carbonyl (C=O) groups excluding carboxylic acids is 1. The second kappa shape index (κ2) is 7.89. The van der Waals surface area contributed by atoms with Gasteiger partial charge in [-0.3, -0.25) is 9.59 Å². The number of carboxylic acid groups (broad SMARTS) is 1. The number of carboxylic acids is 1. The van der Waals surface area contributed by atoms with Gasteiger partial charge in [-0.25, -0.2) is 4.39 Å². The Hall–Kier alpha value is -1.95. The second-order valence-electron chi connectivity index (χ2n) is 5.77. The zero-order chi connectivity index (χ0) is 16.8. The van der Waals surface area contributed by atoms with Gasteiger partial charge < -0.3 is 15.2 Å². The van der Waals surface area contributed by atoms with E-state index in [1.165, 1.54) is 19.2 Å². The highest BCUT2D eigenvalue weighted by Gasteiger charge is 2.30. The summed E-state index contributed by atoms with van der Waals surface area (Å²) in [5.74, 6) is -1.70. The molecule has 2 unspecified atom stereocenters. The van der Waals surface area contributed by atoms with Gasteiger partial charge in [-0.15, -0.1) is 0 Å². The topological polar surface area (TPSA) is 75.6 Å². The Morgan fingerprint density at radius 1 is 1.36 bits per heavy atom. The average molecular weight is 311 g/mol. The van der Waals surface area contributed by atoms with Crippen molar-refractivity contribution in [1.82, 2.24) is 5.32 Å². The van der Waals surface area contributed by atoms with Crippen LogP contribution in [0.2, 0.25) is 0 Å². The Bertz CT molecular complexity index is 517. The molecule has 0 saturated heterocycles. The number of hydrogen-bond acceptors (Lipinski definition) is 3. The molecule has 0 aliphatic carbocycles. The lowest BCUT2D eigenvalue weighted by Crippen LogP contribution is -2.51. The molecule has 1 aromatic carbocycles. The molecule has 0 bridgehead atoms. The van der Waals surface area contributed by atoms with Crippen LogP contribution >= 0.6 is 0 Å². The fourth-order valence-electron chi connectivity index (χ4n) is 2.36. The van der Waals surface area contributed by atoms with Crippen molar-refractivity contribution in [3.63, 3.8) is 0 Å². The lowest BCUT2D eigenvalue weighted by Gasteiger charge is -2.29. The first-order valence-corrected chi connectivity index (χ1v) is 7.03. The van der Waals surface area contributed by atoms with Crippen LogP contribution in [0.5, 0.6) is 0 Å².